The monoisotopic (exact) mass is 247 g/mol. The number of carbonyl (C=O) groups is 1. The van der Waals surface area contributed by atoms with Crippen LogP contribution >= 0.6 is 0 Å². The molecule has 0 saturated carbocycles. The van der Waals surface area contributed by atoms with Crippen LogP contribution in [0.3, 0.4) is 0 Å². The van der Waals surface area contributed by atoms with Gasteiger partial charge in [-0.3, -0.25) is 9.78 Å². The van der Waals surface area contributed by atoms with Crippen LogP contribution in [0.4, 0.5) is 0 Å². The summed E-state index contributed by atoms with van der Waals surface area (Å²) < 4.78 is 0. The molecule has 0 bridgehead atoms. The highest BCUT2D eigenvalue weighted by atomic mass is 16.1. The molecule has 2 aromatic carbocycles. The molecule has 0 saturated heterocycles. The molecule has 1 aromatic heterocycles. The lowest BCUT2D eigenvalue weighted by atomic mass is 9.95. The minimum absolute atomic E-state index is 0.710. The Morgan fingerprint density at radius 3 is 2.74 bits per heavy atom. The number of aryl methyl sites for hydroxylation is 1. The average molecular weight is 247 g/mol. The number of carbonyl (C=O) groups excluding carboxylic acids is 1. The molecule has 2 heteroatoms. The first-order valence-corrected chi connectivity index (χ1v) is 6.19. The normalized spacial score (nSPS) is 10.6. The summed E-state index contributed by atoms with van der Waals surface area (Å²) in [6.45, 7) is 2.03. The lowest BCUT2D eigenvalue weighted by molar-refractivity contribution is 0.112. The van der Waals surface area contributed by atoms with Gasteiger partial charge in [-0.25, -0.2) is 0 Å². The van der Waals surface area contributed by atoms with Gasteiger partial charge < -0.3 is 0 Å². The van der Waals surface area contributed by atoms with Crippen molar-refractivity contribution in [2.24, 2.45) is 0 Å². The quantitative estimate of drug-likeness (QED) is 0.640. The van der Waals surface area contributed by atoms with E-state index in [9.17, 15) is 4.79 Å². The highest BCUT2D eigenvalue weighted by Crippen LogP contribution is 2.30. The Hall–Kier alpha value is -2.48. The van der Waals surface area contributed by atoms with Gasteiger partial charge in [0.2, 0.25) is 0 Å². The van der Waals surface area contributed by atoms with Crippen LogP contribution in [0.25, 0.3) is 22.0 Å². The van der Waals surface area contributed by atoms with Crippen molar-refractivity contribution < 1.29 is 4.79 Å². The first kappa shape index (κ1) is 11.6. The van der Waals surface area contributed by atoms with Crippen LogP contribution in [0, 0.1) is 6.92 Å². The fourth-order valence-electron chi connectivity index (χ4n) is 2.34. The van der Waals surface area contributed by atoms with Crippen molar-refractivity contribution in [2.75, 3.05) is 0 Å². The summed E-state index contributed by atoms with van der Waals surface area (Å²) in [5.74, 6) is 0. The summed E-state index contributed by atoms with van der Waals surface area (Å²) in [6.07, 6.45) is 2.69. The van der Waals surface area contributed by atoms with Crippen molar-refractivity contribution in [3.8, 4) is 11.1 Å². The van der Waals surface area contributed by atoms with E-state index in [1.165, 1.54) is 0 Å². The fourth-order valence-corrected chi connectivity index (χ4v) is 2.34. The molecule has 0 amide bonds. The molecule has 0 aliphatic carbocycles. The predicted molar refractivity (Wildman–Crippen MR) is 77.3 cm³/mol. The molecule has 0 N–H and O–H groups in total. The number of nitrogens with zero attached hydrogens (tertiary/aromatic N) is 1. The number of fused-ring (bicyclic) bond motifs is 1. The second-order valence-electron chi connectivity index (χ2n) is 4.58. The molecular weight excluding hydrogens is 234 g/mol. The third-order valence-electron chi connectivity index (χ3n) is 3.27. The summed E-state index contributed by atoms with van der Waals surface area (Å²) in [4.78, 5) is 15.6. The van der Waals surface area contributed by atoms with Crippen LogP contribution in [0.2, 0.25) is 0 Å². The lowest BCUT2D eigenvalue weighted by Gasteiger charge is -2.09. The molecule has 19 heavy (non-hydrogen) atoms. The summed E-state index contributed by atoms with van der Waals surface area (Å²) in [5, 5.41) is 1.07. The van der Waals surface area contributed by atoms with Crippen LogP contribution in [-0.2, 0) is 0 Å². The largest absolute Gasteiger partial charge is 0.298 e. The van der Waals surface area contributed by atoms with E-state index >= 15 is 0 Å². The molecule has 92 valence electrons. The minimum atomic E-state index is 0.710. The van der Waals surface area contributed by atoms with Gasteiger partial charge in [0.25, 0.3) is 0 Å². The van der Waals surface area contributed by atoms with Crippen LogP contribution in [0.1, 0.15) is 15.9 Å². The van der Waals surface area contributed by atoms with Crippen molar-refractivity contribution in [2.45, 2.75) is 6.92 Å². The van der Waals surface area contributed by atoms with E-state index in [-0.39, 0.29) is 0 Å². The predicted octanol–water partition coefficient (Wildman–Crippen LogP) is 4.02. The van der Waals surface area contributed by atoms with E-state index < -0.39 is 0 Å². The molecule has 0 aliphatic heterocycles. The van der Waals surface area contributed by atoms with Crippen molar-refractivity contribution in [3.63, 3.8) is 0 Å². The maximum atomic E-state index is 11.2. The summed E-state index contributed by atoms with van der Waals surface area (Å²) in [6, 6.07) is 15.8. The van der Waals surface area contributed by atoms with Crippen LogP contribution in [0.15, 0.2) is 54.7 Å². The molecule has 0 unspecified atom stereocenters. The van der Waals surface area contributed by atoms with Crippen LogP contribution in [-0.4, -0.2) is 11.3 Å². The summed E-state index contributed by atoms with van der Waals surface area (Å²) in [5.41, 5.74) is 4.81. The van der Waals surface area contributed by atoms with E-state index in [1.54, 1.807) is 6.20 Å². The Bertz CT molecular complexity index is 757. The maximum absolute atomic E-state index is 11.2. The Balaban J connectivity index is 2.36. The Morgan fingerprint density at radius 2 is 1.89 bits per heavy atom. The van der Waals surface area contributed by atoms with Crippen molar-refractivity contribution in [1.82, 2.24) is 4.98 Å². The van der Waals surface area contributed by atoms with Crippen LogP contribution < -0.4 is 0 Å². The Kier molecular flexibility index (Phi) is 2.84. The molecule has 3 rings (SSSR count). The summed E-state index contributed by atoms with van der Waals surface area (Å²) >= 11 is 0. The van der Waals surface area contributed by atoms with E-state index in [0.29, 0.717) is 5.56 Å². The van der Waals surface area contributed by atoms with Gasteiger partial charge in [0.15, 0.2) is 6.29 Å². The van der Waals surface area contributed by atoms with Crippen LogP contribution in [0.5, 0.6) is 0 Å². The number of rotatable bonds is 2. The number of aromatic nitrogens is 1. The number of hydrogen-bond acceptors (Lipinski definition) is 2. The molecule has 1 heterocycles. The molecule has 0 spiro atoms. The number of hydrogen-bond donors (Lipinski definition) is 0. The lowest BCUT2D eigenvalue weighted by Crippen LogP contribution is -1.90. The third-order valence-corrected chi connectivity index (χ3v) is 3.27. The number of aldehydes is 1. The average Bonchev–Trinajstić information content (AvgIpc) is 2.46. The van der Waals surface area contributed by atoms with E-state index in [1.807, 2.05) is 55.5 Å². The molecule has 0 atom stereocenters. The number of benzene rings is 2. The highest BCUT2D eigenvalue weighted by molar-refractivity contribution is 5.99. The van der Waals surface area contributed by atoms with Gasteiger partial charge in [-0.2, -0.15) is 0 Å². The molecule has 0 fully saturated rings. The van der Waals surface area contributed by atoms with Gasteiger partial charge >= 0.3 is 0 Å². The molecule has 3 aromatic rings. The van der Waals surface area contributed by atoms with E-state index in [2.05, 4.69) is 4.98 Å². The Labute approximate surface area is 111 Å². The third kappa shape index (κ3) is 2.02. The van der Waals surface area contributed by atoms with Gasteiger partial charge in [0.05, 0.1) is 5.52 Å². The SMILES string of the molecule is Cc1ccc(C=O)c(-c2cccc3ncccc23)c1. The fraction of sp³-hybridized carbons (Fsp3) is 0.0588. The topological polar surface area (TPSA) is 30.0 Å². The van der Waals surface area contributed by atoms with Gasteiger partial charge in [0, 0.05) is 17.1 Å². The Morgan fingerprint density at radius 1 is 1.00 bits per heavy atom. The van der Waals surface area contributed by atoms with Gasteiger partial charge in [-0.05, 0) is 30.2 Å². The minimum Gasteiger partial charge on any atom is -0.298 e. The van der Waals surface area contributed by atoms with Crippen molar-refractivity contribution in [3.05, 3.63) is 65.9 Å². The standard InChI is InChI=1S/C17H13NO/c1-12-7-8-13(11-19)16(10-12)14-4-2-6-17-15(14)5-3-9-18-17/h2-11H,1H3. The summed E-state index contributed by atoms with van der Waals surface area (Å²) in [7, 11) is 0. The van der Waals surface area contributed by atoms with Crippen molar-refractivity contribution >= 4 is 17.2 Å². The highest BCUT2D eigenvalue weighted by Gasteiger charge is 2.08. The second-order valence-corrected chi connectivity index (χ2v) is 4.58. The van der Waals surface area contributed by atoms with Gasteiger partial charge in [-0.15, -0.1) is 0 Å². The first-order chi connectivity index (χ1) is 9.29. The smallest absolute Gasteiger partial charge is 0.150 e. The van der Waals surface area contributed by atoms with Gasteiger partial charge in [0.1, 0.15) is 0 Å². The van der Waals surface area contributed by atoms with E-state index in [4.69, 9.17) is 0 Å². The maximum Gasteiger partial charge on any atom is 0.150 e. The van der Waals surface area contributed by atoms with Crippen molar-refractivity contribution in [1.29, 1.82) is 0 Å². The molecule has 2 nitrogen and oxygen atoms in total. The number of pyridine rings is 1. The zero-order valence-corrected chi connectivity index (χ0v) is 10.6. The van der Waals surface area contributed by atoms with E-state index in [0.717, 1.165) is 33.9 Å². The molecule has 0 aliphatic rings. The zero-order valence-electron chi connectivity index (χ0n) is 10.6. The molecular formula is C17H13NO. The van der Waals surface area contributed by atoms with Gasteiger partial charge in [-0.1, -0.05) is 42.0 Å². The zero-order chi connectivity index (χ0) is 13.2. The molecule has 0 radical (unpaired) electrons. The second kappa shape index (κ2) is 4.65. The first-order valence-electron chi connectivity index (χ1n) is 6.19.